The van der Waals surface area contributed by atoms with E-state index >= 15 is 0 Å². The van der Waals surface area contributed by atoms with Crippen LogP contribution >= 0.6 is 0 Å². The first-order valence-corrected chi connectivity index (χ1v) is 5.75. The number of para-hydroxylation sites is 1. The summed E-state index contributed by atoms with van der Waals surface area (Å²) in [6, 6.07) is 6.07. The van der Waals surface area contributed by atoms with Crippen molar-refractivity contribution in [2.75, 3.05) is 17.7 Å². The van der Waals surface area contributed by atoms with Gasteiger partial charge in [0.1, 0.15) is 11.6 Å². The van der Waals surface area contributed by atoms with Crippen LogP contribution in [0.1, 0.15) is 16.3 Å². The Morgan fingerprint density at radius 1 is 1.42 bits per heavy atom. The smallest absolute Gasteiger partial charge is 0.278 e. The molecule has 2 N–H and O–H groups in total. The summed E-state index contributed by atoms with van der Waals surface area (Å²) in [7, 11) is 3.20. The first kappa shape index (κ1) is 13.1. The number of carbonyl (C=O) groups is 1. The van der Waals surface area contributed by atoms with Crippen LogP contribution in [0.2, 0.25) is 0 Å². The number of nitrogen functional groups attached to an aromatic ring is 1. The summed E-state index contributed by atoms with van der Waals surface area (Å²) >= 11 is 0. The first-order valence-electron chi connectivity index (χ1n) is 5.75. The number of carbonyl (C=O) groups excluding carboxylic acids is 1. The normalized spacial score (nSPS) is 10.5. The van der Waals surface area contributed by atoms with E-state index in [-0.39, 0.29) is 17.2 Å². The molecular formula is C13H15FN4O. The number of hydrogen-bond donors (Lipinski definition) is 1. The fraction of sp³-hybridized carbons (Fsp3) is 0.231. The van der Waals surface area contributed by atoms with Crippen LogP contribution in [-0.2, 0) is 7.05 Å². The number of aromatic nitrogens is 2. The highest BCUT2D eigenvalue weighted by Gasteiger charge is 2.23. The molecule has 0 saturated heterocycles. The van der Waals surface area contributed by atoms with Gasteiger partial charge in [0.25, 0.3) is 5.91 Å². The van der Waals surface area contributed by atoms with Crippen LogP contribution in [0.25, 0.3) is 0 Å². The van der Waals surface area contributed by atoms with Crippen molar-refractivity contribution in [3.05, 3.63) is 41.6 Å². The van der Waals surface area contributed by atoms with Crippen LogP contribution < -0.4 is 10.6 Å². The molecule has 0 fully saturated rings. The van der Waals surface area contributed by atoms with Crippen LogP contribution in [-0.4, -0.2) is 22.5 Å². The van der Waals surface area contributed by atoms with Crippen molar-refractivity contribution < 1.29 is 9.18 Å². The number of imidazole rings is 1. The van der Waals surface area contributed by atoms with Gasteiger partial charge >= 0.3 is 0 Å². The summed E-state index contributed by atoms with van der Waals surface area (Å²) < 4.78 is 15.3. The van der Waals surface area contributed by atoms with Crippen LogP contribution in [0.5, 0.6) is 0 Å². The number of halogens is 1. The second kappa shape index (κ2) is 4.72. The topological polar surface area (TPSA) is 64.2 Å². The van der Waals surface area contributed by atoms with Gasteiger partial charge in [-0.3, -0.25) is 4.79 Å². The van der Waals surface area contributed by atoms with Gasteiger partial charge in [0.2, 0.25) is 0 Å². The number of anilines is 2. The molecule has 0 atom stereocenters. The Kier molecular flexibility index (Phi) is 3.25. The Hall–Kier alpha value is -2.37. The van der Waals surface area contributed by atoms with E-state index < -0.39 is 11.7 Å². The van der Waals surface area contributed by atoms with Gasteiger partial charge in [-0.05, 0) is 19.1 Å². The molecule has 0 saturated carbocycles. The van der Waals surface area contributed by atoms with Crippen molar-refractivity contribution in [3.63, 3.8) is 0 Å². The van der Waals surface area contributed by atoms with Gasteiger partial charge < -0.3 is 15.2 Å². The average Bonchev–Trinajstić information content (AvgIpc) is 2.62. The molecule has 0 aliphatic carbocycles. The Morgan fingerprint density at radius 3 is 2.58 bits per heavy atom. The molecule has 0 aliphatic heterocycles. The van der Waals surface area contributed by atoms with Crippen LogP contribution in [0, 0.1) is 12.7 Å². The van der Waals surface area contributed by atoms with Crippen molar-refractivity contribution in [2.24, 2.45) is 7.05 Å². The minimum Gasteiger partial charge on any atom is -0.382 e. The van der Waals surface area contributed by atoms with Gasteiger partial charge in [0.05, 0.1) is 5.69 Å². The summed E-state index contributed by atoms with van der Waals surface area (Å²) in [6.45, 7) is 1.75. The summed E-state index contributed by atoms with van der Waals surface area (Å²) in [5.41, 5.74) is 6.18. The summed E-state index contributed by atoms with van der Waals surface area (Å²) in [6.07, 6.45) is 0. The maximum absolute atomic E-state index is 13.7. The predicted molar refractivity (Wildman–Crippen MR) is 71.5 cm³/mol. The second-order valence-electron chi connectivity index (χ2n) is 4.27. The fourth-order valence-corrected chi connectivity index (χ4v) is 1.88. The minimum atomic E-state index is -0.462. The Balaban J connectivity index is 2.42. The fourth-order valence-electron chi connectivity index (χ4n) is 1.88. The van der Waals surface area contributed by atoms with E-state index in [0.717, 1.165) is 0 Å². The molecule has 0 spiro atoms. The van der Waals surface area contributed by atoms with Gasteiger partial charge in [0.15, 0.2) is 11.5 Å². The third-order valence-corrected chi connectivity index (χ3v) is 3.07. The van der Waals surface area contributed by atoms with Gasteiger partial charge in [-0.25, -0.2) is 9.37 Å². The molecule has 100 valence electrons. The number of hydrogen-bond acceptors (Lipinski definition) is 3. The highest BCUT2D eigenvalue weighted by atomic mass is 19.1. The lowest BCUT2D eigenvalue weighted by Gasteiger charge is -2.18. The molecule has 1 heterocycles. The van der Waals surface area contributed by atoms with Crippen LogP contribution in [0.15, 0.2) is 24.3 Å². The highest BCUT2D eigenvalue weighted by Crippen LogP contribution is 2.21. The molecule has 1 aromatic carbocycles. The van der Waals surface area contributed by atoms with Crippen molar-refractivity contribution >= 4 is 17.4 Å². The minimum absolute atomic E-state index is 0.146. The van der Waals surface area contributed by atoms with Crippen molar-refractivity contribution in [1.82, 2.24) is 9.55 Å². The van der Waals surface area contributed by atoms with E-state index in [1.165, 1.54) is 24.1 Å². The summed E-state index contributed by atoms with van der Waals surface area (Å²) in [5, 5.41) is 0. The molecule has 0 bridgehead atoms. The van der Waals surface area contributed by atoms with Crippen LogP contribution in [0.3, 0.4) is 0 Å². The molecule has 1 amide bonds. The lowest BCUT2D eigenvalue weighted by molar-refractivity contribution is 0.0985. The molecule has 1 aromatic heterocycles. The number of benzene rings is 1. The van der Waals surface area contributed by atoms with Gasteiger partial charge in [-0.1, -0.05) is 12.1 Å². The maximum Gasteiger partial charge on any atom is 0.278 e. The van der Waals surface area contributed by atoms with Crippen molar-refractivity contribution in [1.29, 1.82) is 0 Å². The zero-order valence-electron chi connectivity index (χ0n) is 11.0. The van der Waals surface area contributed by atoms with E-state index in [0.29, 0.717) is 5.82 Å². The number of rotatable bonds is 2. The number of aryl methyl sites for hydroxylation is 1. The second-order valence-corrected chi connectivity index (χ2v) is 4.27. The lowest BCUT2D eigenvalue weighted by Crippen LogP contribution is -2.29. The first-order chi connectivity index (χ1) is 8.93. The predicted octanol–water partition coefficient (Wildman–Crippen LogP) is 1.73. The molecule has 0 aliphatic rings. The Labute approximate surface area is 110 Å². The van der Waals surface area contributed by atoms with E-state index in [2.05, 4.69) is 4.98 Å². The van der Waals surface area contributed by atoms with Crippen molar-refractivity contribution in [2.45, 2.75) is 6.92 Å². The third kappa shape index (κ3) is 2.16. The average molecular weight is 262 g/mol. The van der Waals surface area contributed by atoms with Gasteiger partial charge in [-0.2, -0.15) is 0 Å². The van der Waals surface area contributed by atoms with Gasteiger partial charge in [0, 0.05) is 14.1 Å². The SMILES string of the molecule is Cc1nc(N)c(C(=O)N(C)c2ccccc2F)n1C. The third-order valence-electron chi connectivity index (χ3n) is 3.07. The Morgan fingerprint density at radius 2 is 2.05 bits per heavy atom. The van der Waals surface area contributed by atoms with E-state index in [9.17, 15) is 9.18 Å². The number of amides is 1. The zero-order chi connectivity index (χ0) is 14.2. The van der Waals surface area contributed by atoms with E-state index in [1.807, 2.05) is 0 Å². The molecule has 19 heavy (non-hydrogen) atoms. The quantitative estimate of drug-likeness (QED) is 0.896. The number of nitrogens with zero attached hydrogens (tertiary/aromatic N) is 3. The van der Waals surface area contributed by atoms with Crippen molar-refractivity contribution in [3.8, 4) is 0 Å². The molecule has 0 radical (unpaired) electrons. The maximum atomic E-state index is 13.7. The molecule has 0 unspecified atom stereocenters. The monoisotopic (exact) mass is 262 g/mol. The lowest BCUT2D eigenvalue weighted by atomic mass is 10.2. The molecule has 2 rings (SSSR count). The zero-order valence-corrected chi connectivity index (χ0v) is 11.0. The summed E-state index contributed by atoms with van der Waals surface area (Å²) in [4.78, 5) is 17.6. The molecule has 2 aromatic rings. The standard InChI is InChI=1S/C13H15FN4O/c1-8-16-12(15)11(17(8)2)13(19)18(3)10-7-5-4-6-9(10)14/h4-7H,15H2,1-3H3. The van der Waals surface area contributed by atoms with E-state index in [4.69, 9.17) is 5.73 Å². The highest BCUT2D eigenvalue weighted by molar-refractivity contribution is 6.07. The van der Waals surface area contributed by atoms with Gasteiger partial charge in [-0.15, -0.1) is 0 Å². The molecule has 6 heteroatoms. The largest absolute Gasteiger partial charge is 0.382 e. The summed E-state index contributed by atoms with van der Waals surface area (Å²) in [5.74, 6) is -0.0857. The number of nitrogens with two attached hydrogens (primary N) is 1. The molecule has 5 nitrogen and oxygen atoms in total. The Bertz CT molecular complexity index is 636. The molecular weight excluding hydrogens is 247 g/mol. The van der Waals surface area contributed by atoms with E-state index in [1.54, 1.807) is 30.7 Å². The van der Waals surface area contributed by atoms with Crippen LogP contribution in [0.4, 0.5) is 15.9 Å².